The van der Waals surface area contributed by atoms with Crippen LogP contribution in [0.4, 0.5) is 8.78 Å². The number of hydrogen-bond acceptors (Lipinski definition) is 4. The molecule has 0 spiro atoms. The molecule has 0 amide bonds. The van der Waals surface area contributed by atoms with Gasteiger partial charge in [-0.3, -0.25) is 4.79 Å². The highest BCUT2D eigenvalue weighted by Gasteiger charge is 2.16. The number of esters is 1. The molecule has 0 heterocycles. The highest BCUT2D eigenvalue weighted by Crippen LogP contribution is 2.22. The Bertz CT molecular complexity index is 447. The quantitative estimate of drug-likeness (QED) is 0.351. The topological polar surface area (TPSA) is 66.4 Å². The molecule has 0 aliphatic rings. The zero-order valence-electron chi connectivity index (χ0n) is 7.63. The van der Waals surface area contributed by atoms with Crippen LogP contribution in [-0.4, -0.2) is 16.4 Å². The summed E-state index contributed by atoms with van der Waals surface area (Å²) in [6.45, 7) is 0. The molecule has 0 saturated heterocycles. The van der Waals surface area contributed by atoms with E-state index in [1.165, 1.54) is 0 Å². The predicted molar refractivity (Wildman–Crippen MR) is 55.2 cm³/mol. The lowest BCUT2D eigenvalue weighted by Crippen LogP contribution is -2.24. The van der Waals surface area contributed by atoms with Gasteiger partial charge >= 0.3 is 5.97 Å². The fraction of sp³-hybridized carbons (Fsp3) is 0.111. The van der Waals surface area contributed by atoms with Gasteiger partial charge in [-0.05, 0) is 12.1 Å². The van der Waals surface area contributed by atoms with Crippen molar-refractivity contribution in [3.8, 4) is 5.75 Å². The molecule has 0 aliphatic carbocycles. The molecule has 1 aromatic carbocycles. The maximum absolute atomic E-state index is 13.2. The Labute approximate surface area is 102 Å². The van der Waals surface area contributed by atoms with Gasteiger partial charge in [-0.15, -0.1) is 0 Å². The number of carbonyl (C=O) groups is 2. The smallest absolute Gasteiger partial charge is 0.321 e. The highest BCUT2D eigenvalue weighted by molar-refractivity contribution is 14.1. The van der Waals surface area contributed by atoms with Crippen LogP contribution in [0.3, 0.4) is 0 Å². The lowest BCUT2D eigenvalue weighted by Gasteiger charge is -2.08. The number of carbonyl (C=O) groups excluding carboxylic acids is 2. The summed E-state index contributed by atoms with van der Waals surface area (Å²) in [5, 5.41) is 10.3. The zero-order chi connectivity index (χ0) is 12.3. The maximum Gasteiger partial charge on any atom is 0.321 e. The summed E-state index contributed by atoms with van der Waals surface area (Å²) in [5.74, 6) is -6.40. The van der Waals surface area contributed by atoms with Crippen LogP contribution in [0, 0.1) is 11.6 Å². The van der Waals surface area contributed by atoms with E-state index in [0.717, 1.165) is 12.1 Å². The Hall–Kier alpha value is -1.25. The largest absolute Gasteiger partial charge is 0.545 e. The Kier molecular flexibility index (Phi) is 4.16. The van der Waals surface area contributed by atoms with Crippen molar-refractivity contribution in [3.63, 3.8) is 0 Å². The first kappa shape index (κ1) is 12.8. The van der Waals surface area contributed by atoms with E-state index in [1.54, 1.807) is 22.6 Å². The Morgan fingerprint density at radius 2 is 1.94 bits per heavy atom. The molecule has 7 heteroatoms. The number of rotatable bonds is 3. The monoisotopic (exact) mass is 341 g/mol. The first-order valence-electron chi connectivity index (χ1n) is 3.93. The van der Waals surface area contributed by atoms with E-state index in [4.69, 9.17) is 0 Å². The summed E-state index contributed by atoms with van der Waals surface area (Å²) in [5.41, 5.74) is -0.924. The van der Waals surface area contributed by atoms with Gasteiger partial charge in [0.05, 0.1) is 10.4 Å². The second-order valence-corrected chi connectivity index (χ2v) is 3.40. The van der Waals surface area contributed by atoms with Crippen LogP contribution in [0.25, 0.3) is 0 Å². The molecule has 0 saturated carbocycles. The van der Waals surface area contributed by atoms with Crippen molar-refractivity contribution >= 4 is 34.5 Å². The molecule has 0 fully saturated rings. The minimum Gasteiger partial charge on any atom is -0.545 e. The van der Waals surface area contributed by atoms with Crippen LogP contribution >= 0.6 is 22.6 Å². The lowest BCUT2D eigenvalue weighted by molar-refractivity contribution is -0.255. The molecule has 0 aliphatic heterocycles. The zero-order valence-corrected chi connectivity index (χ0v) is 9.79. The molecule has 0 aromatic heterocycles. The van der Waals surface area contributed by atoms with E-state index in [2.05, 4.69) is 4.74 Å². The molecule has 1 aromatic rings. The normalized spacial score (nSPS) is 9.94. The van der Waals surface area contributed by atoms with Crippen LogP contribution in [0.5, 0.6) is 5.75 Å². The van der Waals surface area contributed by atoms with Crippen molar-refractivity contribution in [2.45, 2.75) is 0 Å². The molecule has 16 heavy (non-hydrogen) atoms. The van der Waals surface area contributed by atoms with Gasteiger partial charge in [0.1, 0.15) is 0 Å². The van der Waals surface area contributed by atoms with Crippen LogP contribution in [0.15, 0.2) is 12.1 Å². The van der Waals surface area contributed by atoms with Crippen molar-refractivity contribution in [2.24, 2.45) is 0 Å². The van der Waals surface area contributed by atoms with Crippen LogP contribution in [0.2, 0.25) is 0 Å². The third-order valence-corrected chi connectivity index (χ3v) is 2.22. The molecular weight excluding hydrogens is 337 g/mol. The second-order valence-electron chi connectivity index (χ2n) is 2.63. The molecule has 0 unspecified atom stereocenters. The first-order valence-corrected chi connectivity index (χ1v) is 5.46. The summed E-state index contributed by atoms with van der Waals surface area (Å²) < 4.78 is 30.6. The van der Waals surface area contributed by atoms with E-state index in [9.17, 15) is 23.5 Å². The summed E-state index contributed by atoms with van der Waals surface area (Å²) in [6, 6.07) is 1.62. The van der Waals surface area contributed by atoms with E-state index in [-0.39, 0.29) is 4.43 Å². The number of ether oxygens (including phenoxy) is 1. The Morgan fingerprint density at radius 3 is 2.44 bits per heavy atom. The SMILES string of the molecule is O=C(CI)Oc1ccc(C(=O)[O-])c(F)c1F. The van der Waals surface area contributed by atoms with Gasteiger partial charge in [-0.2, -0.15) is 4.39 Å². The predicted octanol–water partition coefficient (Wildman–Crippen LogP) is 0.669. The molecule has 1 rings (SSSR count). The molecular formula is C9H4F2IO4-. The van der Waals surface area contributed by atoms with Crippen molar-refractivity contribution in [1.29, 1.82) is 0 Å². The maximum atomic E-state index is 13.2. The number of halogens is 3. The molecule has 0 bridgehead atoms. The Morgan fingerprint density at radius 1 is 1.31 bits per heavy atom. The van der Waals surface area contributed by atoms with Gasteiger partial charge in [-0.1, -0.05) is 22.6 Å². The third kappa shape index (κ3) is 2.65. The van der Waals surface area contributed by atoms with Gasteiger partial charge in [0, 0.05) is 5.56 Å². The fourth-order valence-electron chi connectivity index (χ4n) is 0.918. The van der Waals surface area contributed by atoms with Gasteiger partial charge in [0.2, 0.25) is 5.82 Å². The van der Waals surface area contributed by atoms with E-state index in [1.807, 2.05) is 0 Å². The van der Waals surface area contributed by atoms with Gasteiger partial charge in [-0.25, -0.2) is 4.39 Å². The van der Waals surface area contributed by atoms with Crippen LogP contribution < -0.4 is 9.84 Å². The van der Waals surface area contributed by atoms with E-state index < -0.39 is 34.9 Å². The van der Waals surface area contributed by atoms with Crippen molar-refractivity contribution in [2.75, 3.05) is 4.43 Å². The fourth-order valence-corrected chi connectivity index (χ4v) is 1.07. The summed E-state index contributed by atoms with van der Waals surface area (Å²) in [6.07, 6.45) is 0. The van der Waals surface area contributed by atoms with Crippen molar-refractivity contribution < 1.29 is 28.2 Å². The number of aromatic carboxylic acids is 1. The first-order chi connectivity index (χ1) is 7.47. The molecule has 0 radical (unpaired) electrons. The average Bonchev–Trinajstić information content (AvgIpc) is 2.24. The number of alkyl halides is 1. The minimum atomic E-state index is -1.84. The van der Waals surface area contributed by atoms with Crippen LogP contribution in [-0.2, 0) is 4.79 Å². The highest BCUT2D eigenvalue weighted by atomic mass is 127. The minimum absolute atomic E-state index is 0.0406. The van der Waals surface area contributed by atoms with Gasteiger partial charge in [0.15, 0.2) is 11.6 Å². The second kappa shape index (κ2) is 5.19. The van der Waals surface area contributed by atoms with Gasteiger partial charge in [0.25, 0.3) is 0 Å². The van der Waals surface area contributed by atoms with E-state index >= 15 is 0 Å². The standard InChI is InChI=1S/C9H5F2IO4/c10-7-4(9(14)15)1-2-5(8(7)11)16-6(13)3-12/h1-2H,3H2,(H,14,15)/p-1. The van der Waals surface area contributed by atoms with Crippen molar-refractivity contribution in [1.82, 2.24) is 0 Å². The molecule has 86 valence electrons. The van der Waals surface area contributed by atoms with Crippen molar-refractivity contribution in [3.05, 3.63) is 29.3 Å². The summed E-state index contributed by atoms with van der Waals surface area (Å²) in [4.78, 5) is 21.2. The molecule has 4 nitrogen and oxygen atoms in total. The van der Waals surface area contributed by atoms with Crippen LogP contribution in [0.1, 0.15) is 10.4 Å². The Balaban J connectivity index is 3.12. The third-order valence-electron chi connectivity index (χ3n) is 1.60. The number of carboxylic acids is 1. The summed E-state index contributed by atoms with van der Waals surface area (Å²) in [7, 11) is 0. The van der Waals surface area contributed by atoms with Gasteiger partial charge < -0.3 is 14.6 Å². The summed E-state index contributed by atoms with van der Waals surface area (Å²) >= 11 is 1.68. The lowest BCUT2D eigenvalue weighted by atomic mass is 10.2. The average molecular weight is 341 g/mol. The number of benzene rings is 1. The van der Waals surface area contributed by atoms with E-state index in [0.29, 0.717) is 0 Å². The molecule has 0 N–H and O–H groups in total. The number of hydrogen-bond donors (Lipinski definition) is 0. The number of carboxylic acid groups (broad SMARTS) is 1. The molecule has 0 atom stereocenters.